The molecule has 1 amide bonds. The summed E-state index contributed by atoms with van der Waals surface area (Å²) in [6, 6.07) is 6.91. The molecule has 0 atom stereocenters. The number of carbonyl (C=O) groups excluding carboxylic acids is 1. The zero-order valence-corrected chi connectivity index (χ0v) is 11.0. The molecule has 0 aliphatic heterocycles. The van der Waals surface area contributed by atoms with Crippen molar-refractivity contribution in [1.29, 1.82) is 0 Å². The number of nitrogens with one attached hydrogen (secondary N) is 1. The van der Waals surface area contributed by atoms with Crippen LogP contribution in [0, 0.1) is 0 Å². The number of carbonyl (C=O) groups is 1. The molecule has 0 fully saturated rings. The zero-order chi connectivity index (χ0) is 13.6. The Kier molecular flexibility index (Phi) is 5.84. The standard InChI is InChI=1S/C11H13ClF2N2OS/c12-8-1-3-9(4-2-8)18-5-10(17)16-7-11(13,14)6-15/h1-4H,5-7,15H2,(H,16,17). The minimum Gasteiger partial charge on any atom is -0.349 e. The number of hydrogen-bond acceptors (Lipinski definition) is 3. The first-order valence-corrected chi connectivity index (χ1v) is 6.52. The smallest absolute Gasteiger partial charge is 0.277 e. The van der Waals surface area contributed by atoms with E-state index in [1.54, 1.807) is 24.3 Å². The number of nitrogens with two attached hydrogens (primary N) is 1. The molecule has 18 heavy (non-hydrogen) atoms. The Balaban J connectivity index is 2.31. The number of halogens is 3. The van der Waals surface area contributed by atoms with Crippen molar-refractivity contribution in [3.05, 3.63) is 29.3 Å². The van der Waals surface area contributed by atoms with Crippen LogP contribution in [0.1, 0.15) is 0 Å². The van der Waals surface area contributed by atoms with Crippen molar-refractivity contribution in [2.24, 2.45) is 5.73 Å². The lowest BCUT2D eigenvalue weighted by molar-refractivity contribution is -0.120. The van der Waals surface area contributed by atoms with Crippen molar-refractivity contribution in [2.45, 2.75) is 10.8 Å². The fraction of sp³-hybridized carbons (Fsp3) is 0.364. The van der Waals surface area contributed by atoms with Crippen LogP contribution in [0.4, 0.5) is 8.78 Å². The highest BCUT2D eigenvalue weighted by Crippen LogP contribution is 2.20. The molecule has 1 aromatic carbocycles. The van der Waals surface area contributed by atoms with E-state index in [0.717, 1.165) is 4.90 Å². The summed E-state index contributed by atoms with van der Waals surface area (Å²) in [5.74, 6) is -3.44. The molecule has 0 aliphatic carbocycles. The number of benzene rings is 1. The van der Waals surface area contributed by atoms with Crippen LogP contribution < -0.4 is 11.1 Å². The second-order valence-electron chi connectivity index (χ2n) is 3.58. The lowest BCUT2D eigenvalue weighted by Crippen LogP contribution is -2.42. The molecule has 1 rings (SSSR count). The molecule has 100 valence electrons. The van der Waals surface area contributed by atoms with E-state index in [0.29, 0.717) is 5.02 Å². The van der Waals surface area contributed by atoms with Gasteiger partial charge in [-0.25, -0.2) is 8.78 Å². The molecule has 0 spiro atoms. The van der Waals surface area contributed by atoms with Gasteiger partial charge in [0, 0.05) is 9.92 Å². The molecule has 0 aliphatic rings. The maximum Gasteiger partial charge on any atom is 0.277 e. The first kappa shape index (κ1) is 15.2. The van der Waals surface area contributed by atoms with Gasteiger partial charge in [-0.3, -0.25) is 4.79 Å². The Morgan fingerprint density at radius 3 is 2.56 bits per heavy atom. The maximum absolute atomic E-state index is 12.8. The van der Waals surface area contributed by atoms with E-state index in [1.807, 2.05) is 0 Å². The Hall–Kier alpha value is -0.850. The molecule has 0 saturated heterocycles. The van der Waals surface area contributed by atoms with Gasteiger partial charge >= 0.3 is 0 Å². The highest BCUT2D eigenvalue weighted by Gasteiger charge is 2.26. The molecule has 3 N–H and O–H groups in total. The van der Waals surface area contributed by atoms with Gasteiger partial charge in [-0.15, -0.1) is 11.8 Å². The number of thioether (sulfide) groups is 1. The van der Waals surface area contributed by atoms with Gasteiger partial charge in [0.1, 0.15) is 0 Å². The first-order chi connectivity index (χ1) is 8.43. The van der Waals surface area contributed by atoms with E-state index in [9.17, 15) is 13.6 Å². The third-order valence-electron chi connectivity index (χ3n) is 2.03. The van der Waals surface area contributed by atoms with E-state index in [4.69, 9.17) is 17.3 Å². The van der Waals surface area contributed by atoms with Gasteiger partial charge < -0.3 is 11.1 Å². The summed E-state index contributed by atoms with van der Waals surface area (Å²) in [4.78, 5) is 12.2. The Labute approximate surface area is 113 Å². The van der Waals surface area contributed by atoms with Crippen LogP contribution in [0.25, 0.3) is 0 Å². The average molecular weight is 295 g/mol. The van der Waals surface area contributed by atoms with Crippen LogP contribution >= 0.6 is 23.4 Å². The summed E-state index contributed by atoms with van der Waals surface area (Å²) < 4.78 is 25.5. The summed E-state index contributed by atoms with van der Waals surface area (Å²) >= 11 is 6.96. The van der Waals surface area contributed by atoms with Crippen molar-refractivity contribution in [1.82, 2.24) is 5.32 Å². The number of amides is 1. The number of alkyl halides is 2. The van der Waals surface area contributed by atoms with Crippen molar-refractivity contribution in [2.75, 3.05) is 18.8 Å². The third-order valence-corrected chi connectivity index (χ3v) is 3.29. The molecule has 0 saturated carbocycles. The molecular formula is C11H13ClF2N2OS. The predicted molar refractivity (Wildman–Crippen MR) is 69.2 cm³/mol. The first-order valence-electron chi connectivity index (χ1n) is 5.16. The van der Waals surface area contributed by atoms with Gasteiger partial charge in [0.05, 0.1) is 18.8 Å². The zero-order valence-electron chi connectivity index (χ0n) is 9.46. The molecule has 7 heteroatoms. The van der Waals surface area contributed by atoms with Gasteiger partial charge in [-0.1, -0.05) is 11.6 Å². The Morgan fingerprint density at radius 1 is 1.39 bits per heavy atom. The van der Waals surface area contributed by atoms with Gasteiger partial charge in [0.25, 0.3) is 5.92 Å². The number of hydrogen-bond donors (Lipinski definition) is 2. The topological polar surface area (TPSA) is 55.1 Å². The van der Waals surface area contributed by atoms with Crippen molar-refractivity contribution in [3.63, 3.8) is 0 Å². The molecule has 0 heterocycles. The van der Waals surface area contributed by atoms with Crippen LogP contribution in [0.2, 0.25) is 5.02 Å². The quantitative estimate of drug-likeness (QED) is 0.791. The van der Waals surface area contributed by atoms with Crippen LogP contribution in [0.15, 0.2) is 29.2 Å². The molecule has 0 aromatic heterocycles. The van der Waals surface area contributed by atoms with E-state index in [2.05, 4.69) is 5.32 Å². The average Bonchev–Trinajstić information content (AvgIpc) is 2.36. The highest BCUT2D eigenvalue weighted by atomic mass is 35.5. The molecule has 3 nitrogen and oxygen atoms in total. The molecule has 0 radical (unpaired) electrons. The van der Waals surface area contributed by atoms with Gasteiger partial charge in [-0.2, -0.15) is 0 Å². The van der Waals surface area contributed by atoms with Crippen molar-refractivity contribution in [3.8, 4) is 0 Å². The second-order valence-corrected chi connectivity index (χ2v) is 5.06. The van der Waals surface area contributed by atoms with Crippen LogP contribution in [0.3, 0.4) is 0 Å². The van der Waals surface area contributed by atoms with Crippen molar-refractivity contribution < 1.29 is 13.6 Å². The van der Waals surface area contributed by atoms with E-state index < -0.39 is 24.9 Å². The largest absolute Gasteiger partial charge is 0.349 e. The fourth-order valence-electron chi connectivity index (χ4n) is 1.03. The van der Waals surface area contributed by atoms with E-state index in [1.165, 1.54) is 11.8 Å². The molecule has 1 aromatic rings. The lowest BCUT2D eigenvalue weighted by atomic mass is 10.3. The van der Waals surface area contributed by atoms with Crippen LogP contribution in [0.5, 0.6) is 0 Å². The highest BCUT2D eigenvalue weighted by molar-refractivity contribution is 8.00. The Bertz CT molecular complexity index is 401. The normalized spacial score (nSPS) is 11.3. The summed E-state index contributed by atoms with van der Waals surface area (Å²) in [6.45, 7) is -1.51. The fourth-order valence-corrected chi connectivity index (χ4v) is 1.89. The van der Waals surface area contributed by atoms with E-state index >= 15 is 0 Å². The van der Waals surface area contributed by atoms with Gasteiger partial charge in [0.2, 0.25) is 5.91 Å². The maximum atomic E-state index is 12.8. The summed E-state index contributed by atoms with van der Waals surface area (Å²) in [6.07, 6.45) is 0. The van der Waals surface area contributed by atoms with Crippen LogP contribution in [-0.4, -0.2) is 30.7 Å². The molecule has 0 bridgehead atoms. The second kappa shape index (κ2) is 6.92. The summed E-state index contributed by atoms with van der Waals surface area (Å²) in [7, 11) is 0. The third kappa shape index (κ3) is 5.66. The van der Waals surface area contributed by atoms with Gasteiger partial charge in [0.15, 0.2) is 0 Å². The Morgan fingerprint density at radius 2 is 2.00 bits per heavy atom. The minimum atomic E-state index is -3.05. The van der Waals surface area contributed by atoms with Crippen LogP contribution in [-0.2, 0) is 4.79 Å². The SMILES string of the molecule is NCC(F)(F)CNC(=O)CSc1ccc(Cl)cc1. The number of rotatable bonds is 6. The van der Waals surface area contributed by atoms with E-state index in [-0.39, 0.29) is 5.75 Å². The summed E-state index contributed by atoms with van der Waals surface area (Å²) in [5, 5.41) is 2.74. The predicted octanol–water partition coefficient (Wildman–Crippen LogP) is 2.14. The summed E-state index contributed by atoms with van der Waals surface area (Å²) in [5.41, 5.74) is 4.85. The molecule has 0 unspecified atom stereocenters. The minimum absolute atomic E-state index is 0.0717. The van der Waals surface area contributed by atoms with Gasteiger partial charge in [-0.05, 0) is 24.3 Å². The molecular weight excluding hydrogens is 282 g/mol. The monoisotopic (exact) mass is 294 g/mol. The lowest BCUT2D eigenvalue weighted by Gasteiger charge is -2.14. The van der Waals surface area contributed by atoms with Crippen molar-refractivity contribution >= 4 is 29.3 Å².